The van der Waals surface area contributed by atoms with E-state index in [0.29, 0.717) is 25.6 Å². The van der Waals surface area contributed by atoms with Gasteiger partial charge in [0.25, 0.3) is 0 Å². The first-order chi connectivity index (χ1) is 9.58. The van der Waals surface area contributed by atoms with Gasteiger partial charge in [-0.05, 0) is 44.2 Å². The Bertz CT molecular complexity index is 478. The molecule has 1 aromatic rings. The maximum atomic E-state index is 10.8. The normalized spacial score (nSPS) is 18.3. The Morgan fingerprint density at radius 2 is 2.35 bits per heavy atom. The molecule has 1 aromatic carbocycles. The number of benzene rings is 1. The highest BCUT2D eigenvalue weighted by molar-refractivity contribution is 9.10. The molecule has 5 heteroatoms. The third-order valence-corrected chi connectivity index (χ3v) is 4.65. The predicted molar refractivity (Wildman–Crippen MR) is 81.3 cm³/mol. The number of halogens is 1. The van der Waals surface area contributed by atoms with Crippen molar-refractivity contribution in [3.05, 3.63) is 28.2 Å². The van der Waals surface area contributed by atoms with E-state index in [0.717, 1.165) is 35.0 Å². The molecule has 110 valence electrons. The van der Waals surface area contributed by atoms with Crippen molar-refractivity contribution < 1.29 is 14.6 Å². The number of rotatable bonds is 5. The maximum absolute atomic E-state index is 10.8. The van der Waals surface area contributed by atoms with Crippen molar-refractivity contribution in [1.29, 1.82) is 0 Å². The van der Waals surface area contributed by atoms with Crippen LogP contribution in [0.1, 0.15) is 24.8 Å². The molecule has 1 fully saturated rings. The van der Waals surface area contributed by atoms with Gasteiger partial charge < -0.3 is 14.7 Å². The van der Waals surface area contributed by atoms with E-state index in [4.69, 9.17) is 9.84 Å². The lowest BCUT2D eigenvalue weighted by Gasteiger charge is -2.13. The number of nitrogens with zero attached hydrogens (tertiary/aromatic N) is 1. The van der Waals surface area contributed by atoms with Crippen LogP contribution in [0.4, 0.5) is 4.79 Å². The molecule has 20 heavy (non-hydrogen) atoms. The zero-order chi connectivity index (χ0) is 14.5. The van der Waals surface area contributed by atoms with Crippen molar-refractivity contribution in [2.45, 2.75) is 26.2 Å². The van der Waals surface area contributed by atoms with Crippen molar-refractivity contribution in [3.8, 4) is 5.75 Å². The minimum Gasteiger partial charge on any atom is -0.493 e. The molecule has 0 aliphatic carbocycles. The Balaban J connectivity index is 1.70. The van der Waals surface area contributed by atoms with E-state index in [-0.39, 0.29) is 0 Å². The second-order valence-electron chi connectivity index (χ2n) is 5.24. The van der Waals surface area contributed by atoms with Gasteiger partial charge in [-0.2, -0.15) is 0 Å². The average Bonchev–Trinajstić information content (AvgIpc) is 2.88. The standard InChI is InChI=1S/C15H20BrNO3/c1-11-13(16)5-2-6-14(11)20-9-3-4-12-7-8-17(10-12)15(18)19/h2,5-6,12H,3-4,7-10H2,1H3,(H,18,19)/t12-/m1/s1. The minimum absolute atomic E-state index is 0.485. The van der Waals surface area contributed by atoms with Crippen molar-refractivity contribution in [3.63, 3.8) is 0 Å². The highest BCUT2D eigenvalue weighted by Gasteiger charge is 2.25. The first-order valence-electron chi connectivity index (χ1n) is 6.93. The number of carboxylic acid groups (broad SMARTS) is 1. The number of hydrogen-bond acceptors (Lipinski definition) is 2. The number of ether oxygens (including phenoxy) is 1. The van der Waals surface area contributed by atoms with Crippen LogP contribution in [0.3, 0.4) is 0 Å². The number of hydrogen-bond donors (Lipinski definition) is 1. The predicted octanol–water partition coefficient (Wildman–Crippen LogP) is 3.92. The summed E-state index contributed by atoms with van der Waals surface area (Å²) in [5.74, 6) is 1.40. The van der Waals surface area contributed by atoms with Crippen LogP contribution < -0.4 is 4.74 Å². The highest BCUT2D eigenvalue weighted by atomic mass is 79.9. The van der Waals surface area contributed by atoms with E-state index in [1.807, 2.05) is 25.1 Å². The second kappa shape index (κ2) is 6.97. The van der Waals surface area contributed by atoms with Crippen LogP contribution >= 0.6 is 15.9 Å². The summed E-state index contributed by atoms with van der Waals surface area (Å²) in [5, 5.41) is 8.90. The molecule has 0 saturated carbocycles. The molecular weight excluding hydrogens is 322 g/mol. The van der Waals surface area contributed by atoms with Crippen LogP contribution in [-0.4, -0.2) is 35.8 Å². The summed E-state index contributed by atoms with van der Waals surface area (Å²) in [5.41, 5.74) is 1.12. The van der Waals surface area contributed by atoms with Crippen LogP contribution in [-0.2, 0) is 0 Å². The van der Waals surface area contributed by atoms with E-state index >= 15 is 0 Å². The molecule has 2 rings (SSSR count). The molecule has 0 bridgehead atoms. The van der Waals surface area contributed by atoms with Crippen LogP contribution in [0.5, 0.6) is 5.75 Å². The lowest BCUT2D eigenvalue weighted by molar-refractivity contribution is 0.153. The number of likely N-dealkylation sites (tertiary alicyclic amines) is 1. The van der Waals surface area contributed by atoms with Gasteiger partial charge in [-0.25, -0.2) is 4.79 Å². The van der Waals surface area contributed by atoms with Crippen LogP contribution in [0.15, 0.2) is 22.7 Å². The molecule has 1 N–H and O–H groups in total. The quantitative estimate of drug-likeness (QED) is 0.826. The fourth-order valence-electron chi connectivity index (χ4n) is 2.54. The van der Waals surface area contributed by atoms with Gasteiger partial charge in [-0.15, -0.1) is 0 Å². The fraction of sp³-hybridized carbons (Fsp3) is 0.533. The van der Waals surface area contributed by atoms with Gasteiger partial charge in [0.15, 0.2) is 0 Å². The van der Waals surface area contributed by atoms with Crippen LogP contribution in [0, 0.1) is 12.8 Å². The zero-order valence-electron chi connectivity index (χ0n) is 11.6. The highest BCUT2D eigenvalue weighted by Crippen LogP contribution is 2.26. The molecule has 0 radical (unpaired) electrons. The van der Waals surface area contributed by atoms with Gasteiger partial charge in [0, 0.05) is 23.1 Å². The van der Waals surface area contributed by atoms with Gasteiger partial charge in [-0.1, -0.05) is 22.0 Å². The SMILES string of the molecule is Cc1c(Br)cccc1OCCC[C@@H]1CCN(C(=O)O)C1. The van der Waals surface area contributed by atoms with Gasteiger partial charge in [0.2, 0.25) is 0 Å². The van der Waals surface area contributed by atoms with E-state index < -0.39 is 6.09 Å². The summed E-state index contributed by atoms with van der Waals surface area (Å²) in [7, 11) is 0. The van der Waals surface area contributed by atoms with E-state index in [1.165, 1.54) is 4.90 Å². The molecule has 1 saturated heterocycles. The Kier molecular flexibility index (Phi) is 5.29. The molecular formula is C15H20BrNO3. The Hall–Kier alpha value is -1.23. The fourth-order valence-corrected chi connectivity index (χ4v) is 2.89. The molecule has 1 heterocycles. The van der Waals surface area contributed by atoms with Crippen molar-refractivity contribution in [1.82, 2.24) is 4.90 Å². The summed E-state index contributed by atoms with van der Waals surface area (Å²) in [6.45, 7) is 4.05. The number of amides is 1. The lowest BCUT2D eigenvalue weighted by atomic mass is 10.0. The minimum atomic E-state index is -0.798. The summed E-state index contributed by atoms with van der Waals surface area (Å²) in [6, 6.07) is 5.94. The maximum Gasteiger partial charge on any atom is 0.407 e. The number of carbonyl (C=O) groups is 1. The van der Waals surface area contributed by atoms with Crippen molar-refractivity contribution in [2.75, 3.05) is 19.7 Å². The lowest BCUT2D eigenvalue weighted by Crippen LogP contribution is -2.26. The van der Waals surface area contributed by atoms with E-state index in [1.54, 1.807) is 0 Å². The Labute approximate surface area is 127 Å². The van der Waals surface area contributed by atoms with Crippen LogP contribution in [0.25, 0.3) is 0 Å². The summed E-state index contributed by atoms with van der Waals surface area (Å²) >= 11 is 3.49. The second-order valence-corrected chi connectivity index (χ2v) is 6.09. The molecule has 0 aromatic heterocycles. The molecule has 1 amide bonds. The van der Waals surface area contributed by atoms with E-state index in [2.05, 4.69) is 15.9 Å². The third kappa shape index (κ3) is 3.88. The molecule has 1 aliphatic rings. The van der Waals surface area contributed by atoms with Gasteiger partial charge in [-0.3, -0.25) is 0 Å². The first kappa shape index (κ1) is 15.2. The first-order valence-corrected chi connectivity index (χ1v) is 7.73. The smallest absolute Gasteiger partial charge is 0.407 e. The van der Waals surface area contributed by atoms with Crippen molar-refractivity contribution >= 4 is 22.0 Å². The molecule has 0 unspecified atom stereocenters. The van der Waals surface area contributed by atoms with Gasteiger partial charge in [0.1, 0.15) is 5.75 Å². The van der Waals surface area contributed by atoms with Gasteiger partial charge >= 0.3 is 6.09 Å². The Morgan fingerprint density at radius 1 is 1.55 bits per heavy atom. The van der Waals surface area contributed by atoms with Gasteiger partial charge in [0.05, 0.1) is 6.61 Å². The zero-order valence-corrected chi connectivity index (χ0v) is 13.2. The summed E-state index contributed by atoms with van der Waals surface area (Å²) in [4.78, 5) is 12.3. The monoisotopic (exact) mass is 341 g/mol. The molecule has 1 aliphatic heterocycles. The molecule has 4 nitrogen and oxygen atoms in total. The topological polar surface area (TPSA) is 49.8 Å². The molecule has 0 spiro atoms. The largest absolute Gasteiger partial charge is 0.493 e. The van der Waals surface area contributed by atoms with Crippen LogP contribution in [0.2, 0.25) is 0 Å². The average molecular weight is 342 g/mol. The summed E-state index contributed by atoms with van der Waals surface area (Å²) in [6.07, 6.45) is 2.16. The Morgan fingerprint density at radius 3 is 3.05 bits per heavy atom. The third-order valence-electron chi connectivity index (χ3n) is 3.79. The summed E-state index contributed by atoms with van der Waals surface area (Å²) < 4.78 is 6.85. The molecule has 1 atom stereocenters. The van der Waals surface area contributed by atoms with Crippen molar-refractivity contribution in [2.24, 2.45) is 5.92 Å². The van der Waals surface area contributed by atoms with E-state index in [9.17, 15) is 4.79 Å².